The highest BCUT2D eigenvalue weighted by Gasteiger charge is 2.67. The van der Waals surface area contributed by atoms with Crippen LogP contribution in [0.5, 0.6) is 5.75 Å². The number of carbonyl (C=O) groups excluding carboxylic acids is 1. The van der Waals surface area contributed by atoms with Crippen LogP contribution in [0.15, 0.2) is 65.5 Å². The molecule has 7 aromatic rings. The number of pyridine rings is 1. The number of alkyl halides is 4. The van der Waals surface area contributed by atoms with Crippen LogP contribution in [0.4, 0.5) is 32.2 Å². The summed E-state index contributed by atoms with van der Waals surface area (Å²) in [5.41, 5.74) is -1.23. The molecule has 0 saturated heterocycles. The first-order valence-electron chi connectivity index (χ1n) is 20.3. The zero-order valence-corrected chi connectivity index (χ0v) is 37.2. The molecule has 2 aliphatic carbocycles. The third kappa shape index (κ3) is 7.70. The van der Waals surface area contributed by atoms with Crippen molar-refractivity contribution in [3.63, 3.8) is 0 Å². The molecule has 4 aromatic heterocycles. The molecule has 4 heterocycles. The van der Waals surface area contributed by atoms with Gasteiger partial charge in [-0.25, -0.2) is 40.3 Å². The molecule has 1 fully saturated rings. The molecule has 2 aliphatic rings. The Kier molecular flexibility index (Phi) is 10.9. The van der Waals surface area contributed by atoms with E-state index in [4.69, 9.17) is 21.3 Å². The van der Waals surface area contributed by atoms with E-state index < -0.39 is 87.7 Å². The SMILES string of the molecule is COc1ccc(CN(c2nn(C)c3c(-n4c([C@H](Cc5cc(F)cc(F)c5)NC(=O)Cn5nc(C(F)F)c6c5C(F)(F)[C@@H]5C[C@H]65)nc5nc(C)cc(C)c5c4=O)ccc(Cl)c23)S(C)(=O)=O)cc1. The first-order valence-corrected chi connectivity index (χ1v) is 22.6. The second-order valence-electron chi connectivity index (χ2n) is 16.5. The molecule has 0 bridgehead atoms. The van der Waals surface area contributed by atoms with Gasteiger partial charge in [0.15, 0.2) is 11.5 Å². The summed E-state index contributed by atoms with van der Waals surface area (Å²) in [5.74, 6) is -8.47. The predicted molar refractivity (Wildman–Crippen MR) is 231 cm³/mol. The van der Waals surface area contributed by atoms with Gasteiger partial charge < -0.3 is 10.1 Å². The zero-order chi connectivity index (χ0) is 47.3. The minimum Gasteiger partial charge on any atom is -0.497 e. The Balaban J connectivity index is 1.24. The number of halogens is 7. The zero-order valence-electron chi connectivity index (χ0n) is 35.6. The average Bonchev–Trinajstić information content (AvgIpc) is 3.76. The number of carbonyl (C=O) groups is 1. The van der Waals surface area contributed by atoms with E-state index in [9.17, 15) is 30.8 Å². The third-order valence-corrected chi connectivity index (χ3v) is 13.3. The first-order chi connectivity index (χ1) is 31.2. The Hall–Kier alpha value is -6.48. The highest BCUT2D eigenvalue weighted by atomic mass is 35.5. The largest absolute Gasteiger partial charge is 0.497 e. The van der Waals surface area contributed by atoms with Crippen molar-refractivity contribution in [3.05, 3.63) is 133 Å². The monoisotopic (exact) mass is 953 g/mol. The summed E-state index contributed by atoms with van der Waals surface area (Å²) in [6.07, 6.45) is -2.70. The molecule has 0 aliphatic heterocycles. The average molecular weight is 954 g/mol. The van der Waals surface area contributed by atoms with Gasteiger partial charge in [-0.3, -0.25) is 23.5 Å². The summed E-state index contributed by atoms with van der Waals surface area (Å²) in [7, 11) is -1.12. The van der Waals surface area contributed by atoms with E-state index in [1.54, 1.807) is 44.2 Å². The molecule has 66 heavy (non-hydrogen) atoms. The number of nitrogens with zero attached hydrogens (tertiary/aromatic N) is 8. The summed E-state index contributed by atoms with van der Waals surface area (Å²) in [5, 5.41) is 11.2. The number of amides is 1. The van der Waals surface area contributed by atoms with Crippen LogP contribution in [-0.4, -0.2) is 61.8 Å². The van der Waals surface area contributed by atoms with E-state index in [0.29, 0.717) is 33.3 Å². The number of hydrogen-bond donors (Lipinski definition) is 1. The lowest BCUT2D eigenvalue weighted by Crippen LogP contribution is -2.38. The summed E-state index contributed by atoms with van der Waals surface area (Å²) in [4.78, 5) is 38.6. The summed E-state index contributed by atoms with van der Waals surface area (Å²) in [6, 6.07) is 12.2. The molecule has 1 N–H and O–H groups in total. The van der Waals surface area contributed by atoms with Gasteiger partial charge in [0.2, 0.25) is 15.9 Å². The first kappa shape index (κ1) is 44.7. The van der Waals surface area contributed by atoms with E-state index in [1.165, 1.54) is 31.0 Å². The van der Waals surface area contributed by atoms with Crippen molar-refractivity contribution in [2.45, 2.75) is 64.1 Å². The Bertz CT molecular complexity index is 3300. The molecular formula is C44H38ClF6N9O5S. The van der Waals surface area contributed by atoms with Crippen molar-refractivity contribution in [2.75, 3.05) is 17.7 Å². The van der Waals surface area contributed by atoms with Gasteiger partial charge >= 0.3 is 0 Å². The molecule has 22 heteroatoms. The molecule has 3 aromatic carbocycles. The number of anilines is 1. The van der Waals surface area contributed by atoms with Crippen molar-refractivity contribution >= 4 is 55.3 Å². The Morgan fingerprint density at radius 1 is 1.00 bits per heavy atom. The van der Waals surface area contributed by atoms with Crippen LogP contribution in [-0.2, 0) is 47.3 Å². The molecule has 1 amide bonds. The van der Waals surface area contributed by atoms with Crippen molar-refractivity contribution in [2.24, 2.45) is 13.0 Å². The molecule has 0 spiro atoms. The van der Waals surface area contributed by atoms with E-state index >= 15 is 13.6 Å². The maximum Gasteiger partial charge on any atom is 0.293 e. The number of methoxy groups -OCH3 is 1. The van der Waals surface area contributed by atoms with E-state index in [1.807, 2.05) is 0 Å². The van der Waals surface area contributed by atoms with E-state index in [2.05, 4.69) is 20.5 Å². The predicted octanol–water partition coefficient (Wildman–Crippen LogP) is 7.63. The molecule has 0 unspecified atom stereocenters. The van der Waals surface area contributed by atoms with Crippen LogP contribution in [0.3, 0.4) is 0 Å². The molecule has 9 rings (SSSR count). The fourth-order valence-corrected chi connectivity index (χ4v) is 10.1. The molecule has 0 radical (unpaired) electrons. The number of sulfonamides is 1. The van der Waals surface area contributed by atoms with Gasteiger partial charge in [0.05, 0.1) is 53.0 Å². The smallest absolute Gasteiger partial charge is 0.293 e. The van der Waals surface area contributed by atoms with Gasteiger partial charge in [0, 0.05) is 36.7 Å². The molecule has 344 valence electrons. The van der Waals surface area contributed by atoms with Gasteiger partial charge in [-0.1, -0.05) is 23.7 Å². The maximum absolute atomic E-state index is 15.6. The van der Waals surface area contributed by atoms with Crippen molar-refractivity contribution < 1.29 is 44.3 Å². The number of rotatable bonds is 13. The quantitative estimate of drug-likeness (QED) is 0.115. The maximum atomic E-state index is 15.6. The van der Waals surface area contributed by atoms with Crippen LogP contribution in [0, 0.1) is 31.4 Å². The van der Waals surface area contributed by atoms with Crippen LogP contribution < -0.4 is 19.9 Å². The van der Waals surface area contributed by atoms with Crippen molar-refractivity contribution in [1.29, 1.82) is 0 Å². The van der Waals surface area contributed by atoms with Crippen molar-refractivity contribution in [1.82, 2.24) is 39.4 Å². The third-order valence-electron chi connectivity index (χ3n) is 11.9. The highest BCUT2D eigenvalue weighted by Crippen LogP contribution is 2.68. The summed E-state index contributed by atoms with van der Waals surface area (Å²) in [6.45, 7) is 2.12. The number of hydrogen-bond acceptors (Lipinski definition) is 9. The molecule has 3 atom stereocenters. The van der Waals surface area contributed by atoms with Gasteiger partial charge in [-0.05, 0) is 85.3 Å². The van der Waals surface area contributed by atoms with Gasteiger partial charge in [-0.15, -0.1) is 0 Å². The molecule has 1 saturated carbocycles. The van der Waals surface area contributed by atoms with Crippen LogP contribution in [0.2, 0.25) is 5.02 Å². The van der Waals surface area contributed by atoms with Crippen LogP contribution in [0.25, 0.3) is 27.6 Å². The Morgan fingerprint density at radius 2 is 1.70 bits per heavy atom. The molecular weight excluding hydrogens is 916 g/mol. The van der Waals surface area contributed by atoms with E-state index in [-0.39, 0.29) is 68.4 Å². The lowest BCUT2D eigenvalue weighted by molar-refractivity contribution is -0.123. The number of nitrogens with one attached hydrogen (secondary N) is 1. The lowest BCUT2D eigenvalue weighted by Gasteiger charge is -2.24. The van der Waals surface area contributed by atoms with Gasteiger partial charge in [-0.2, -0.15) is 19.0 Å². The topological polar surface area (TPSA) is 159 Å². The van der Waals surface area contributed by atoms with Gasteiger partial charge in [0.25, 0.3) is 17.9 Å². The number of ether oxygens (including phenoxy) is 1. The Labute approximate surface area is 376 Å². The number of benzene rings is 3. The molecule has 14 nitrogen and oxygen atoms in total. The second-order valence-corrected chi connectivity index (χ2v) is 18.8. The van der Waals surface area contributed by atoms with E-state index in [0.717, 1.165) is 27.3 Å². The number of aromatic nitrogens is 7. The minimum atomic E-state index is -4.09. The lowest BCUT2D eigenvalue weighted by atomic mass is 10.0. The van der Waals surface area contributed by atoms with Crippen LogP contribution in [0.1, 0.15) is 70.0 Å². The number of fused-ring (bicyclic) bond motifs is 5. The van der Waals surface area contributed by atoms with Crippen LogP contribution >= 0.6 is 11.6 Å². The standard InChI is InChI=1S/C44H38ClF6N9O5S/c1-20-12-21(2)52-40-33(20)43(62)60(31-11-10-29(45)35-37(31)57(3)56-42(35)59(66(5,63)64)18-22-6-8-26(65-4)9-7-22)41(54-40)30(15-23-13-24(46)16-25(47)14-23)53-32(61)19-58-38-34(36(55-58)39(48)49)27-17-28(27)44(38,50)51/h6-14,16,27-28,30,39H,15,17-19H2,1-5H3,(H,53,61)/t27-,28+,30-/m0/s1. The fraction of sp³-hybridized carbons (Fsp3) is 0.318. The normalized spacial score (nSPS) is 16.7. The highest BCUT2D eigenvalue weighted by molar-refractivity contribution is 7.92. The fourth-order valence-electron chi connectivity index (χ4n) is 9.07. The summed E-state index contributed by atoms with van der Waals surface area (Å²) < 4.78 is 125. The summed E-state index contributed by atoms with van der Waals surface area (Å²) >= 11 is 6.89. The number of aryl methyl sites for hydroxylation is 3. The minimum absolute atomic E-state index is 0.00684. The van der Waals surface area contributed by atoms with Gasteiger partial charge in [0.1, 0.15) is 41.1 Å². The Morgan fingerprint density at radius 3 is 2.35 bits per heavy atom. The second kappa shape index (κ2) is 16.1. The van der Waals surface area contributed by atoms with Crippen molar-refractivity contribution in [3.8, 4) is 11.4 Å².